The molecule has 0 saturated carbocycles. The normalized spacial score (nSPS) is 12.6. The van der Waals surface area contributed by atoms with Crippen molar-refractivity contribution in [2.24, 2.45) is 0 Å². The molecule has 1 unspecified atom stereocenters. The van der Waals surface area contributed by atoms with Crippen molar-refractivity contribution in [3.63, 3.8) is 0 Å². The maximum atomic E-state index is 12.7. The highest BCUT2D eigenvalue weighted by molar-refractivity contribution is 7.86. The summed E-state index contributed by atoms with van der Waals surface area (Å²) in [4.78, 5) is 25.0. The maximum absolute atomic E-state index is 12.7. The van der Waals surface area contributed by atoms with Gasteiger partial charge in [0.15, 0.2) is 0 Å². The Labute approximate surface area is 324 Å². The fourth-order valence-electron chi connectivity index (χ4n) is 5.56. The minimum absolute atomic E-state index is 0.109. The van der Waals surface area contributed by atoms with Gasteiger partial charge in [0.25, 0.3) is 20.2 Å². The summed E-state index contributed by atoms with van der Waals surface area (Å²) >= 11 is 0. The Bertz CT molecular complexity index is 2150. The molecule has 0 bridgehead atoms. The highest BCUT2D eigenvalue weighted by Gasteiger charge is 2.34. The van der Waals surface area contributed by atoms with Gasteiger partial charge in [-0.1, -0.05) is 68.7 Å². The highest BCUT2D eigenvalue weighted by atomic mass is 32.2. The number of ether oxygens (including phenoxy) is 4. The molecule has 12 nitrogen and oxygen atoms in total. The third-order valence-electron chi connectivity index (χ3n) is 9.17. The molecule has 55 heavy (non-hydrogen) atoms. The monoisotopic (exact) mass is 796 g/mol. The van der Waals surface area contributed by atoms with E-state index in [2.05, 4.69) is 23.7 Å². The van der Waals surface area contributed by atoms with E-state index in [0.717, 1.165) is 11.1 Å². The highest BCUT2D eigenvalue weighted by Crippen LogP contribution is 2.34. The van der Waals surface area contributed by atoms with Crippen molar-refractivity contribution in [1.29, 1.82) is 0 Å². The summed E-state index contributed by atoms with van der Waals surface area (Å²) in [6, 6.07) is 17.0. The van der Waals surface area contributed by atoms with Crippen LogP contribution in [0.2, 0.25) is 0 Å². The Morgan fingerprint density at radius 1 is 0.655 bits per heavy atom. The Kier molecular flexibility index (Phi) is 15.9. The van der Waals surface area contributed by atoms with Crippen LogP contribution in [0.3, 0.4) is 0 Å². The third kappa shape index (κ3) is 12.6. The Balaban J connectivity index is 2.17. The van der Waals surface area contributed by atoms with E-state index in [1.54, 1.807) is 50.2 Å². The van der Waals surface area contributed by atoms with Crippen molar-refractivity contribution in [2.45, 2.75) is 71.6 Å². The molecular formula is C41H48O12S2. The van der Waals surface area contributed by atoms with E-state index in [1.165, 1.54) is 12.1 Å². The molecule has 3 aromatic carbocycles. The number of rotatable bonds is 17. The first-order chi connectivity index (χ1) is 25.9. The van der Waals surface area contributed by atoms with Gasteiger partial charge in [-0.25, -0.2) is 4.79 Å². The molecule has 0 fully saturated rings. The van der Waals surface area contributed by atoms with Crippen molar-refractivity contribution < 1.29 is 54.5 Å². The van der Waals surface area contributed by atoms with Crippen LogP contribution in [0.15, 0.2) is 60.7 Å². The molecule has 1 atom stereocenters. The van der Waals surface area contributed by atoms with Gasteiger partial charge in [-0.05, 0) is 75.4 Å². The van der Waals surface area contributed by atoms with Crippen LogP contribution < -0.4 is 9.47 Å². The molecule has 0 heterocycles. The summed E-state index contributed by atoms with van der Waals surface area (Å²) in [5.41, 5.74) is 1.46. The summed E-state index contributed by atoms with van der Waals surface area (Å²) in [5, 5.41) is 0. The van der Waals surface area contributed by atoms with Crippen molar-refractivity contribution in [2.75, 3.05) is 37.9 Å². The van der Waals surface area contributed by atoms with Crippen LogP contribution in [0.4, 0.5) is 0 Å². The fraction of sp³-hybridized carbons (Fsp3) is 0.415. The van der Waals surface area contributed by atoms with Crippen LogP contribution in [0.5, 0.6) is 11.5 Å². The van der Waals surface area contributed by atoms with Crippen molar-refractivity contribution in [3.8, 4) is 35.2 Å². The molecule has 0 aliphatic rings. The first-order valence-electron chi connectivity index (χ1n) is 17.9. The average molecular weight is 797 g/mol. The zero-order valence-corrected chi connectivity index (χ0v) is 33.6. The third-order valence-corrected chi connectivity index (χ3v) is 10.5. The van der Waals surface area contributed by atoms with E-state index in [9.17, 15) is 35.5 Å². The Hall–Kier alpha value is -4.86. The van der Waals surface area contributed by atoms with E-state index in [0.29, 0.717) is 30.4 Å². The molecule has 3 aromatic rings. The van der Waals surface area contributed by atoms with Gasteiger partial charge in [0.1, 0.15) is 36.2 Å². The van der Waals surface area contributed by atoms with Crippen LogP contribution in [0, 0.1) is 23.7 Å². The van der Waals surface area contributed by atoms with Gasteiger partial charge in [-0.2, -0.15) is 16.8 Å². The fourth-order valence-corrected chi connectivity index (χ4v) is 6.15. The molecule has 3 rings (SSSR count). The van der Waals surface area contributed by atoms with Gasteiger partial charge in [0.2, 0.25) is 0 Å². The van der Waals surface area contributed by atoms with E-state index < -0.39 is 61.8 Å². The number of hydrogen-bond donors (Lipinski definition) is 2. The minimum atomic E-state index is -4.37. The average Bonchev–Trinajstić information content (AvgIpc) is 3.14. The van der Waals surface area contributed by atoms with Crippen LogP contribution in [0.1, 0.15) is 99.0 Å². The quantitative estimate of drug-likeness (QED) is 0.0908. The second-order valence-corrected chi connectivity index (χ2v) is 15.8. The minimum Gasteiger partial charge on any atom is -0.491 e. The molecule has 0 saturated heterocycles. The molecule has 0 radical (unpaired) electrons. The topological polar surface area (TPSA) is 180 Å². The standard InChI is InChI=1S/C41H48O12S2/c1-7-40(6,39(43)51-11-5)34-18-13-30(14-19-34)12-15-32-28-37(53-25-27-55(47,48)49)33(29-36(32)52-24-26-54(44,45)46)22-23-41(8-2,9-3)35-20-16-31(17-21-35)38(42)50-10-4/h13-14,16-21,28-29H,7-11,24-27H2,1-6H3,(H,44,45,46)(H,47,48,49). The number of benzene rings is 3. The molecule has 0 aliphatic carbocycles. The largest absolute Gasteiger partial charge is 0.491 e. The molecule has 14 heteroatoms. The summed E-state index contributed by atoms with van der Waals surface area (Å²) in [6.45, 7) is 10.7. The van der Waals surface area contributed by atoms with E-state index in [-0.39, 0.29) is 41.8 Å². The summed E-state index contributed by atoms with van der Waals surface area (Å²) in [6.07, 6.45) is 1.66. The zero-order chi connectivity index (χ0) is 40.9. The number of hydrogen-bond acceptors (Lipinski definition) is 10. The number of carbonyl (C=O) groups excluding carboxylic acids is 2. The van der Waals surface area contributed by atoms with Gasteiger partial charge in [-0.15, -0.1) is 0 Å². The smallest absolute Gasteiger partial charge is 0.338 e. The molecule has 2 N–H and O–H groups in total. The van der Waals surface area contributed by atoms with Crippen LogP contribution in [-0.2, 0) is 45.3 Å². The molecular weight excluding hydrogens is 749 g/mol. The molecule has 0 amide bonds. The van der Waals surface area contributed by atoms with Crippen molar-refractivity contribution in [3.05, 3.63) is 94.0 Å². The van der Waals surface area contributed by atoms with E-state index in [4.69, 9.17) is 18.9 Å². The molecule has 0 aliphatic heterocycles. The van der Waals surface area contributed by atoms with Crippen LogP contribution in [-0.4, -0.2) is 75.8 Å². The van der Waals surface area contributed by atoms with Gasteiger partial charge < -0.3 is 18.9 Å². The van der Waals surface area contributed by atoms with Gasteiger partial charge in [0.05, 0.1) is 40.7 Å². The van der Waals surface area contributed by atoms with Gasteiger partial charge in [0, 0.05) is 17.7 Å². The lowest BCUT2D eigenvalue weighted by Gasteiger charge is -2.26. The maximum Gasteiger partial charge on any atom is 0.338 e. The SMILES string of the molecule is CCOC(=O)c1ccc(C(C#Cc2cc(OCCS(=O)(=O)O)c(C#Cc3ccc(C(C)(CC)C(=O)OCC)cc3)cc2OCCS(=O)(=O)O)(CC)CC)cc1. The lowest BCUT2D eigenvalue weighted by atomic mass is 9.76. The Morgan fingerprint density at radius 3 is 1.60 bits per heavy atom. The lowest BCUT2D eigenvalue weighted by Crippen LogP contribution is -2.33. The summed E-state index contributed by atoms with van der Waals surface area (Å²) in [5.74, 6) is 10.5. The molecule has 0 aromatic heterocycles. The predicted octanol–water partition coefficient (Wildman–Crippen LogP) is 6.14. The van der Waals surface area contributed by atoms with Crippen LogP contribution >= 0.6 is 0 Å². The van der Waals surface area contributed by atoms with E-state index in [1.807, 2.05) is 39.8 Å². The molecule has 0 spiro atoms. The summed E-state index contributed by atoms with van der Waals surface area (Å²) in [7, 11) is -8.74. The van der Waals surface area contributed by atoms with Crippen molar-refractivity contribution >= 4 is 32.2 Å². The second-order valence-electron chi connectivity index (χ2n) is 12.7. The molecule has 296 valence electrons. The zero-order valence-electron chi connectivity index (χ0n) is 31.9. The number of carbonyl (C=O) groups is 2. The van der Waals surface area contributed by atoms with Gasteiger partial charge in [-0.3, -0.25) is 13.9 Å². The predicted molar refractivity (Wildman–Crippen MR) is 208 cm³/mol. The van der Waals surface area contributed by atoms with Crippen molar-refractivity contribution in [1.82, 2.24) is 0 Å². The number of esters is 2. The second kappa shape index (κ2) is 19.6. The first-order valence-corrected chi connectivity index (χ1v) is 21.1. The van der Waals surface area contributed by atoms with E-state index >= 15 is 0 Å². The summed E-state index contributed by atoms with van der Waals surface area (Å²) < 4.78 is 86.9. The Morgan fingerprint density at radius 2 is 1.15 bits per heavy atom. The van der Waals surface area contributed by atoms with Crippen LogP contribution in [0.25, 0.3) is 0 Å². The first kappa shape index (κ1) is 44.5. The van der Waals surface area contributed by atoms with Gasteiger partial charge >= 0.3 is 11.9 Å². The lowest BCUT2D eigenvalue weighted by molar-refractivity contribution is -0.149.